The molecule has 1 fully saturated rings. The van der Waals surface area contributed by atoms with E-state index in [1.54, 1.807) is 0 Å². The number of piperidine rings is 1. The molecule has 1 unspecified atom stereocenters. The summed E-state index contributed by atoms with van der Waals surface area (Å²) in [7, 11) is -3.65. The van der Waals surface area contributed by atoms with Crippen LogP contribution in [0, 0.1) is 5.82 Å². The number of nitrogens with zero attached hydrogens (tertiary/aromatic N) is 2. The predicted octanol–water partition coefficient (Wildman–Crippen LogP) is 0.871. The normalized spacial score (nSPS) is 26.1. The average Bonchev–Trinajstić information content (AvgIpc) is 2.46. The number of pyridine rings is 1. The Morgan fingerprint density at radius 1 is 1.44 bits per heavy atom. The lowest BCUT2D eigenvalue weighted by atomic mass is 10.0. The van der Waals surface area contributed by atoms with Crippen molar-refractivity contribution in [2.45, 2.75) is 30.2 Å². The van der Waals surface area contributed by atoms with Gasteiger partial charge in [-0.05, 0) is 25.3 Å². The molecule has 0 amide bonds. The molecular formula is C11H14FN3O2S. The van der Waals surface area contributed by atoms with Gasteiger partial charge >= 0.3 is 0 Å². The number of anilines is 1. The van der Waals surface area contributed by atoms with Crippen molar-refractivity contribution in [2.75, 3.05) is 18.0 Å². The summed E-state index contributed by atoms with van der Waals surface area (Å²) in [5, 5.41) is 0. The number of hydrogen-bond donors (Lipinski definition) is 1. The van der Waals surface area contributed by atoms with E-state index in [0.29, 0.717) is 12.4 Å². The van der Waals surface area contributed by atoms with Crippen LogP contribution in [0.1, 0.15) is 19.3 Å². The van der Waals surface area contributed by atoms with Crippen LogP contribution < -0.4 is 9.62 Å². The van der Waals surface area contributed by atoms with Crippen LogP contribution in [0.3, 0.4) is 0 Å². The average molecular weight is 271 g/mol. The molecule has 18 heavy (non-hydrogen) atoms. The molecule has 5 nitrogen and oxygen atoms in total. The minimum absolute atomic E-state index is 0.0492. The van der Waals surface area contributed by atoms with Gasteiger partial charge in [0, 0.05) is 19.1 Å². The van der Waals surface area contributed by atoms with E-state index in [0.717, 1.165) is 38.1 Å². The Morgan fingerprint density at radius 3 is 3.11 bits per heavy atom. The van der Waals surface area contributed by atoms with Crippen molar-refractivity contribution in [3.8, 4) is 0 Å². The zero-order valence-electron chi connectivity index (χ0n) is 9.76. The summed E-state index contributed by atoms with van der Waals surface area (Å²) in [4.78, 5) is 5.92. The summed E-state index contributed by atoms with van der Waals surface area (Å²) in [6, 6.07) is 1.16. The molecule has 3 rings (SSSR count). The molecule has 1 aromatic heterocycles. The summed E-state index contributed by atoms with van der Waals surface area (Å²) in [5.74, 6) is -0.249. The molecule has 1 saturated heterocycles. The first-order chi connectivity index (χ1) is 8.58. The molecule has 7 heteroatoms. The Bertz CT molecular complexity index is 576. The van der Waals surface area contributed by atoms with Crippen LogP contribution >= 0.6 is 0 Å². The van der Waals surface area contributed by atoms with E-state index in [-0.39, 0.29) is 10.9 Å². The number of rotatable bonds is 0. The van der Waals surface area contributed by atoms with Crippen molar-refractivity contribution in [3.05, 3.63) is 18.1 Å². The molecular weight excluding hydrogens is 257 g/mol. The molecule has 0 bridgehead atoms. The second-order valence-corrected chi connectivity index (χ2v) is 6.41. The molecule has 1 aromatic rings. The molecule has 0 aromatic carbocycles. The van der Waals surface area contributed by atoms with E-state index in [1.165, 1.54) is 0 Å². The van der Waals surface area contributed by atoms with E-state index in [4.69, 9.17) is 0 Å². The maximum Gasteiger partial charge on any atom is 0.244 e. The Morgan fingerprint density at radius 2 is 2.28 bits per heavy atom. The van der Waals surface area contributed by atoms with Gasteiger partial charge in [-0.1, -0.05) is 0 Å². The zero-order valence-corrected chi connectivity index (χ0v) is 10.6. The van der Waals surface area contributed by atoms with Gasteiger partial charge in [-0.15, -0.1) is 0 Å². The lowest BCUT2D eigenvalue weighted by Gasteiger charge is -2.35. The molecule has 2 aliphatic heterocycles. The first-order valence-electron chi connectivity index (χ1n) is 6.00. The van der Waals surface area contributed by atoms with Crippen LogP contribution in [0.4, 0.5) is 10.2 Å². The fourth-order valence-corrected chi connectivity index (χ4v) is 3.85. The quantitative estimate of drug-likeness (QED) is 0.760. The van der Waals surface area contributed by atoms with Gasteiger partial charge in [0.05, 0.1) is 6.20 Å². The number of hydrogen-bond acceptors (Lipinski definition) is 4. The lowest BCUT2D eigenvalue weighted by molar-refractivity contribution is 0.453. The number of aromatic nitrogens is 1. The molecule has 2 aliphatic rings. The van der Waals surface area contributed by atoms with E-state index in [9.17, 15) is 12.8 Å². The van der Waals surface area contributed by atoms with Gasteiger partial charge in [0.1, 0.15) is 16.5 Å². The summed E-state index contributed by atoms with van der Waals surface area (Å²) >= 11 is 0. The van der Waals surface area contributed by atoms with Crippen molar-refractivity contribution in [2.24, 2.45) is 0 Å². The maximum absolute atomic E-state index is 13.2. The van der Waals surface area contributed by atoms with Gasteiger partial charge in [0.2, 0.25) is 10.0 Å². The number of sulfonamides is 1. The second kappa shape index (κ2) is 4.17. The third-order valence-corrected chi connectivity index (χ3v) is 4.92. The van der Waals surface area contributed by atoms with Crippen molar-refractivity contribution in [1.82, 2.24) is 9.71 Å². The van der Waals surface area contributed by atoms with E-state index in [2.05, 4.69) is 9.71 Å². The molecule has 0 radical (unpaired) electrons. The van der Waals surface area contributed by atoms with Gasteiger partial charge < -0.3 is 4.90 Å². The molecule has 3 heterocycles. The number of fused-ring (bicyclic) bond motifs is 3. The number of halogens is 1. The number of nitrogens with one attached hydrogen (secondary N) is 1. The Balaban J connectivity index is 2.17. The Hall–Kier alpha value is -1.21. The molecule has 0 aliphatic carbocycles. The van der Waals surface area contributed by atoms with Crippen molar-refractivity contribution in [1.29, 1.82) is 0 Å². The zero-order chi connectivity index (χ0) is 12.8. The van der Waals surface area contributed by atoms with E-state index < -0.39 is 15.8 Å². The fraction of sp³-hybridized carbons (Fsp3) is 0.545. The van der Waals surface area contributed by atoms with E-state index in [1.807, 2.05) is 4.90 Å². The Labute approximate surface area is 105 Å². The summed E-state index contributed by atoms with van der Waals surface area (Å²) in [6.45, 7) is 1.13. The highest BCUT2D eigenvalue weighted by Gasteiger charge is 2.34. The first kappa shape index (κ1) is 11.9. The highest BCUT2D eigenvalue weighted by Crippen LogP contribution is 2.31. The topological polar surface area (TPSA) is 62.3 Å². The monoisotopic (exact) mass is 271 g/mol. The van der Waals surface area contributed by atoms with Crippen molar-refractivity contribution >= 4 is 15.8 Å². The molecule has 1 N–H and O–H groups in total. The molecule has 0 saturated carbocycles. The largest absolute Gasteiger partial charge is 0.351 e. The van der Waals surface area contributed by atoms with Crippen LogP contribution in [0.15, 0.2) is 17.2 Å². The highest BCUT2D eigenvalue weighted by molar-refractivity contribution is 7.89. The minimum Gasteiger partial charge on any atom is -0.351 e. The van der Waals surface area contributed by atoms with Gasteiger partial charge in [0.15, 0.2) is 0 Å². The van der Waals surface area contributed by atoms with Gasteiger partial charge in [-0.3, -0.25) is 0 Å². The second-order valence-electron chi connectivity index (χ2n) is 4.67. The molecule has 98 valence electrons. The van der Waals surface area contributed by atoms with Crippen molar-refractivity contribution < 1.29 is 12.8 Å². The lowest BCUT2D eigenvalue weighted by Crippen LogP contribution is -2.44. The van der Waals surface area contributed by atoms with Gasteiger partial charge in [-0.25, -0.2) is 22.5 Å². The standard InChI is InChI=1S/C11H14FN3O2S/c12-8-5-10-11(13-6-8)15-4-2-1-3-9(15)7-14-18(10,16)17/h5-6,9,14H,1-4,7H2. The summed E-state index contributed by atoms with van der Waals surface area (Å²) in [5.41, 5.74) is 0. The molecule has 0 spiro atoms. The van der Waals surface area contributed by atoms with Crippen LogP contribution in [-0.4, -0.2) is 32.5 Å². The van der Waals surface area contributed by atoms with Crippen LogP contribution in [0.25, 0.3) is 0 Å². The molecule has 1 atom stereocenters. The Kier molecular flexibility index (Phi) is 2.74. The van der Waals surface area contributed by atoms with Gasteiger partial charge in [0.25, 0.3) is 0 Å². The summed E-state index contributed by atoms with van der Waals surface area (Å²) < 4.78 is 39.8. The SMILES string of the molecule is O=S1(=O)NCC2CCCCN2c2ncc(F)cc21. The maximum atomic E-state index is 13.2. The first-order valence-corrected chi connectivity index (χ1v) is 7.48. The summed E-state index contributed by atoms with van der Waals surface area (Å²) in [6.07, 6.45) is 4.10. The fourth-order valence-electron chi connectivity index (χ4n) is 2.60. The van der Waals surface area contributed by atoms with Gasteiger partial charge in [-0.2, -0.15) is 0 Å². The highest BCUT2D eigenvalue weighted by atomic mass is 32.2. The van der Waals surface area contributed by atoms with Crippen LogP contribution in [-0.2, 0) is 10.0 Å². The third-order valence-electron chi connectivity index (χ3n) is 3.50. The smallest absolute Gasteiger partial charge is 0.244 e. The minimum atomic E-state index is -3.65. The third kappa shape index (κ3) is 1.87. The van der Waals surface area contributed by atoms with Crippen LogP contribution in [0.5, 0.6) is 0 Å². The van der Waals surface area contributed by atoms with Crippen LogP contribution in [0.2, 0.25) is 0 Å². The van der Waals surface area contributed by atoms with Crippen molar-refractivity contribution in [3.63, 3.8) is 0 Å². The van der Waals surface area contributed by atoms with E-state index >= 15 is 0 Å². The predicted molar refractivity (Wildman–Crippen MR) is 64.4 cm³/mol.